The molecule has 166 valence electrons. The molecule has 1 saturated heterocycles. The molecule has 0 radical (unpaired) electrons. The number of hydrogen-bond donors (Lipinski definition) is 1. The van der Waals surface area contributed by atoms with E-state index >= 15 is 0 Å². The molecule has 1 amide bonds. The number of aliphatic hydroxyl groups excluding tert-OH is 1. The van der Waals surface area contributed by atoms with Crippen LogP contribution in [0.1, 0.15) is 65.7 Å². The number of amides is 1. The molecule has 5 rings (SSSR count). The van der Waals surface area contributed by atoms with Crippen LogP contribution in [0.3, 0.4) is 0 Å². The first-order chi connectivity index (χ1) is 15.7. The van der Waals surface area contributed by atoms with Crippen molar-refractivity contribution in [3.8, 4) is 0 Å². The van der Waals surface area contributed by atoms with Crippen molar-refractivity contribution in [1.29, 1.82) is 0 Å². The largest absolute Gasteiger partial charge is 0.369 e. The Morgan fingerprint density at radius 2 is 1.53 bits per heavy atom. The molecule has 2 aliphatic rings. The van der Waals surface area contributed by atoms with Gasteiger partial charge in [0.25, 0.3) is 5.91 Å². The molecule has 0 aromatic heterocycles. The van der Waals surface area contributed by atoms with E-state index in [2.05, 4.69) is 35.2 Å². The van der Waals surface area contributed by atoms with Crippen molar-refractivity contribution in [2.24, 2.45) is 0 Å². The number of piperidine rings is 1. The molecule has 0 bridgehead atoms. The van der Waals surface area contributed by atoms with Crippen molar-refractivity contribution in [3.05, 3.63) is 83.4 Å². The van der Waals surface area contributed by atoms with Crippen LogP contribution in [-0.2, 0) is 0 Å². The maximum Gasteiger partial charge on any atom is 0.256 e. The van der Waals surface area contributed by atoms with Crippen LogP contribution < -0.4 is 0 Å². The van der Waals surface area contributed by atoms with Gasteiger partial charge in [0.05, 0.1) is 0 Å². The van der Waals surface area contributed by atoms with Crippen LogP contribution in [0.15, 0.2) is 66.7 Å². The lowest BCUT2D eigenvalue weighted by Crippen LogP contribution is -2.39. The molecule has 1 fully saturated rings. The van der Waals surface area contributed by atoms with Gasteiger partial charge < -0.3 is 14.9 Å². The highest BCUT2D eigenvalue weighted by Gasteiger charge is 2.32. The predicted octanol–water partition coefficient (Wildman–Crippen LogP) is 5.34. The van der Waals surface area contributed by atoms with Crippen molar-refractivity contribution in [3.63, 3.8) is 0 Å². The molecular weight excluding hydrogens is 396 g/mol. The van der Waals surface area contributed by atoms with Crippen LogP contribution in [0, 0.1) is 0 Å². The van der Waals surface area contributed by atoms with E-state index in [1.54, 1.807) is 4.90 Å². The molecule has 4 nitrogen and oxygen atoms in total. The zero-order valence-electron chi connectivity index (χ0n) is 18.6. The van der Waals surface area contributed by atoms with Gasteiger partial charge in [0.1, 0.15) is 0 Å². The fourth-order valence-electron chi connectivity index (χ4n) is 5.43. The number of carbonyl (C=O) groups is 1. The van der Waals surface area contributed by atoms with E-state index in [9.17, 15) is 9.90 Å². The number of nitrogens with zero attached hydrogens (tertiary/aromatic N) is 2. The molecule has 0 spiro atoms. The Labute approximate surface area is 190 Å². The molecule has 3 aromatic rings. The molecule has 3 aromatic carbocycles. The molecule has 2 aliphatic heterocycles. The van der Waals surface area contributed by atoms with E-state index < -0.39 is 6.23 Å². The number of unbranched alkanes of at least 4 members (excludes halogenated alkanes) is 2. The first-order valence-corrected chi connectivity index (χ1v) is 12.0. The lowest BCUT2D eigenvalue weighted by molar-refractivity contribution is 0.00413. The second kappa shape index (κ2) is 9.43. The molecule has 1 unspecified atom stereocenters. The first-order valence-electron chi connectivity index (χ1n) is 12.0. The number of likely N-dealkylation sites (tertiary alicyclic amines) is 1. The summed E-state index contributed by atoms with van der Waals surface area (Å²) >= 11 is 0. The number of hydrogen-bond acceptors (Lipinski definition) is 3. The average molecular weight is 429 g/mol. The van der Waals surface area contributed by atoms with Gasteiger partial charge in [0.2, 0.25) is 0 Å². The Kier molecular flexibility index (Phi) is 6.24. The fraction of sp³-hybridized carbons (Fsp3) is 0.393. The Hall–Kier alpha value is -2.69. The zero-order valence-corrected chi connectivity index (χ0v) is 18.6. The van der Waals surface area contributed by atoms with Gasteiger partial charge in [-0.1, -0.05) is 67.1 Å². The maximum atomic E-state index is 13.0. The number of carbonyl (C=O) groups excluding carboxylic acids is 1. The minimum atomic E-state index is -0.849. The first kappa shape index (κ1) is 21.2. The van der Waals surface area contributed by atoms with E-state index in [4.69, 9.17) is 0 Å². The summed E-state index contributed by atoms with van der Waals surface area (Å²) in [6.45, 7) is 4.06. The topological polar surface area (TPSA) is 43.8 Å². The van der Waals surface area contributed by atoms with Crippen LogP contribution in [0.2, 0.25) is 0 Å². The van der Waals surface area contributed by atoms with E-state index in [-0.39, 0.29) is 5.91 Å². The highest BCUT2D eigenvalue weighted by atomic mass is 16.3. The van der Waals surface area contributed by atoms with Gasteiger partial charge in [-0.2, -0.15) is 0 Å². The highest BCUT2D eigenvalue weighted by Crippen LogP contribution is 2.35. The van der Waals surface area contributed by atoms with Crippen LogP contribution in [-0.4, -0.2) is 47.0 Å². The van der Waals surface area contributed by atoms with Gasteiger partial charge in [-0.15, -0.1) is 0 Å². The summed E-state index contributed by atoms with van der Waals surface area (Å²) in [6.07, 6.45) is 4.76. The average Bonchev–Trinajstić information content (AvgIpc) is 2.85. The lowest BCUT2D eigenvalue weighted by Gasteiger charge is -2.34. The Balaban J connectivity index is 1.09. The Morgan fingerprint density at radius 3 is 2.31 bits per heavy atom. The van der Waals surface area contributed by atoms with Gasteiger partial charge in [-0.05, 0) is 68.3 Å². The van der Waals surface area contributed by atoms with Crippen LogP contribution in [0.5, 0.6) is 0 Å². The van der Waals surface area contributed by atoms with Crippen molar-refractivity contribution in [1.82, 2.24) is 9.80 Å². The second-order valence-electron chi connectivity index (χ2n) is 9.21. The smallest absolute Gasteiger partial charge is 0.256 e. The van der Waals surface area contributed by atoms with Gasteiger partial charge in [0.15, 0.2) is 6.23 Å². The molecule has 0 saturated carbocycles. The molecule has 4 heteroatoms. The van der Waals surface area contributed by atoms with Gasteiger partial charge >= 0.3 is 0 Å². The summed E-state index contributed by atoms with van der Waals surface area (Å²) in [6, 6.07) is 22.6. The molecular formula is C28H32N2O2. The van der Waals surface area contributed by atoms with Crippen molar-refractivity contribution >= 4 is 16.7 Å². The Bertz CT molecular complexity index is 1070. The summed E-state index contributed by atoms with van der Waals surface area (Å²) in [5.41, 5.74) is 3.04. The molecule has 32 heavy (non-hydrogen) atoms. The number of rotatable bonds is 7. The van der Waals surface area contributed by atoms with Crippen LogP contribution >= 0.6 is 0 Å². The van der Waals surface area contributed by atoms with Crippen molar-refractivity contribution in [2.45, 2.75) is 44.2 Å². The molecule has 0 aliphatic carbocycles. The van der Waals surface area contributed by atoms with Crippen LogP contribution in [0.25, 0.3) is 10.8 Å². The summed E-state index contributed by atoms with van der Waals surface area (Å²) in [5.74, 6) is 0.649. The van der Waals surface area contributed by atoms with E-state index in [1.807, 2.05) is 36.4 Å². The van der Waals surface area contributed by atoms with Gasteiger partial charge in [0, 0.05) is 23.1 Å². The molecule has 2 heterocycles. The normalized spacial score (nSPS) is 19.6. The second-order valence-corrected chi connectivity index (χ2v) is 9.21. The number of aliphatic hydroxyl groups is 1. The SMILES string of the molecule is O=C1c2cccc3cccc(c23)C(O)N1CCCCCN1CCC(c2ccccc2)CC1. The fourth-order valence-corrected chi connectivity index (χ4v) is 5.43. The van der Waals surface area contributed by atoms with E-state index in [0.29, 0.717) is 18.0 Å². The monoisotopic (exact) mass is 428 g/mol. The van der Waals surface area contributed by atoms with E-state index in [1.165, 1.54) is 31.5 Å². The van der Waals surface area contributed by atoms with Crippen molar-refractivity contribution in [2.75, 3.05) is 26.2 Å². The quantitative estimate of drug-likeness (QED) is 0.517. The van der Waals surface area contributed by atoms with Crippen molar-refractivity contribution < 1.29 is 9.90 Å². The van der Waals surface area contributed by atoms with Gasteiger partial charge in [-0.3, -0.25) is 4.79 Å². The third-order valence-corrected chi connectivity index (χ3v) is 7.23. The highest BCUT2D eigenvalue weighted by molar-refractivity contribution is 6.10. The summed E-state index contributed by atoms with van der Waals surface area (Å²) in [7, 11) is 0. The van der Waals surface area contributed by atoms with Crippen LogP contribution in [0.4, 0.5) is 0 Å². The summed E-state index contributed by atoms with van der Waals surface area (Å²) in [4.78, 5) is 17.3. The standard InChI is InChI=1S/C28H32N2O2/c31-27-24-13-7-11-23-12-8-14-25(26(23)24)28(32)30(27)18-6-2-5-17-29-19-15-22(16-20-29)21-9-3-1-4-10-21/h1,3-4,7-14,22,27,31H,2,5-6,15-20H2. The summed E-state index contributed by atoms with van der Waals surface area (Å²) in [5, 5.41) is 12.8. The van der Waals surface area contributed by atoms with E-state index in [0.717, 1.165) is 42.1 Å². The minimum Gasteiger partial charge on any atom is -0.369 e. The minimum absolute atomic E-state index is 0.0511. The maximum absolute atomic E-state index is 13.0. The predicted molar refractivity (Wildman–Crippen MR) is 129 cm³/mol. The van der Waals surface area contributed by atoms with Gasteiger partial charge in [-0.25, -0.2) is 0 Å². The molecule has 1 N–H and O–H groups in total. The summed E-state index contributed by atoms with van der Waals surface area (Å²) < 4.78 is 0. The lowest BCUT2D eigenvalue weighted by atomic mass is 9.89. The number of benzene rings is 3. The third-order valence-electron chi connectivity index (χ3n) is 7.23. The zero-order chi connectivity index (χ0) is 21.9. The third kappa shape index (κ3) is 4.17. The molecule has 1 atom stereocenters. The Morgan fingerprint density at radius 1 is 0.812 bits per heavy atom.